The van der Waals surface area contributed by atoms with Crippen LogP contribution in [0.15, 0.2) is 10.4 Å². The maximum atomic E-state index is 5.30. The third-order valence-corrected chi connectivity index (χ3v) is 3.76. The van der Waals surface area contributed by atoms with E-state index in [4.69, 9.17) is 4.74 Å². The van der Waals surface area contributed by atoms with Crippen molar-refractivity contribution in [2.75, 3.05) is 26.8 Å². The van der Waals surface area contributed by atoms with Crippen LogP contribution in [-0.4, -0.2) is 37.7 Å². The van der Waals surface area contributed by atoms with E-state index in [1.165, 1.54) is 0 Å². The molecule has 0 aromatic carbocycles. The molecule has 0 bridgehead atoms. The van der Waals surface area contributed by atoms with E-state index in [-0.39, 0.29) is 29.4 Å². The zero-order valence-electron chi connectivity index (χ0n) is 14.2. The highest BCUT2D eigenvalue weighted by Gasteiger charge is 2.17. The molecule has 1 aromatic rings. The van der Waals surface area contributed by atoms with E-state index in [1.54, 1.807) is 18.4 Å². The summed E-state index contributed by atoms with van der Waals surface area (Å²) < 4.78 is 5.30. The van der Waals surface area contributed by atoms with Gasteiger partial charge in [-0.2, -0.15) is 0 Å². The molecule has 1 heterocycles. The lowest BCUT2D eigenvalue weighted by Crippen LogP contribution is -2.37. The highest BCUT2D eigenvalue weighted by molar-refractivity contribution is 14.0. The smallest absolute Gasteiger partial charge is 0.191 e. The summed E-state index contributed by atoms with van der Waals surface area (Å²) in [4.78, 5) is 8.87. The van der Waals surface area contributed by atoms with Crippen LogP contribution in [0.3, 0.4) is 0 Å². The van der Waals surface area contributed by atoms with Gasteiger partial charge in [-0.15, -0.1) is 35.3 Å². The van der Waals surface area contributed by atoms with Crippen LogP contribution >= 0.6 is 35.3 Å². The molecule has 1 rings (SSSR count). The Morgan fingerprint density at radius 3 is 2.64 bits per heavy atom. The fourth-order valence-electron chi connectivity index (χ4n) is 1.64. The number of rotatable bonds is 7. The molecule has 1 aromatic heterocycles. The first-order valence-corrected chi connectivity index (χ1v) is 8.32. The third-order valence-electron chi connectivity index (χ3n) is 2.91. The minimum Gasteiger partial charge on any atom is -0.382 e. The molecule has 0 fully saturated rings. The average Bonchev–Trinajstić information content (AvgIpc) is 2.91. The largest absolute Gasteiger partial charge is 0.382 e. The van der Waals surface area contributed by atoms with E-state index in [0.29, 0.717) is 6.54 Å². The normalized spacial score (nSPS) is 12.0. The van der Waals surface area contributed by atoms with Crippen LogP contribution in [0.2, 0.25) is 0 Å². The number of hydrogen-bond acceptors (Lipinski definition) is 4. The molecule has 2 N–H and O–H groups in total. The molecule has 0 aliphatic rings. The zero-order valence-corrected chi connectivity index (χ0v) is 17.4. The number of guanidine groups is 1. The predicted octanol–water partition coefficient (Wildman–Crippen LogP) is 3.15. The summed E-state index contributed by atoms with van der Waals surface area (Å²) in [6, 6.07) is 0. The molecule has 0 aliphatic carbocycles. The number of halogens is 1. The number of nitrogens with zero attached hydrogens (tertiary/aromatic N) is 2. The fourth-order valence-corrected chi connectivity index (χ4v) is 2.60. The average molecular weight is 440 g/mol. The van der Waals surface area contributed by atoms with Crippen molar-refractivity contribution in [3.8, 4) is 0 Å². The Morgan fingerprint density at radius 2 is 2.09 bits per heavy atom. The summed E-state index contributed by atoms with van der Waals surface area (Å²) >= 11 is 1.69. The highest BCUT2D eigenvalue weighted by Crippen LogP contribution is 2.23. The van der Waals surface area contributed by atoms with Crippen molar-refractivity contribution in [2.45, 2.75) is 46.1 Å². The summed E-state index contributed by atoms with van der Waals surface area (Å²) in [5.74, 6) is 0.805. The van der Waals surface area contributed by atoms with Crippen LogP contribution in [0.1, 0.15) is 44.8 Å². The maximum absolute atomic E-state index is 5.30. The molecule has 7 heteroatoms. The second-order valence-corrected chi connectivity index (χ2v) is 6.72. The molecule has 0 saturated heterocycles. The van der Waals surface area contributed by atoms with Crippen molar-refractivity contribution in [3.63, 3.8) is 0 Å². The standard InChI is InChI=1S/C15H28N4OS.HI/c1-6-20-9-7-8-17-14(16-5)18-10-13-19-12(11-21-13)15(2,3)4;/h11H,6-10H2,1-5H3,(H2,16,17,18);1H. The molecule has 0 aliphatic heterocycles. The van der Waals surface area contributed by atoms with Crippen molar-refractivity contribution < 1.29 is 4.74 Å². The topological polar surface area (TPSA) is 58.5 Å². The molecule has 128 valence electrons. The third kappa shape index (κ3) is 8.28. The van der Waals surface area contributed by atoms with E-state index in [9.17, 15) is 0 Å². The van der Waals surface area contributed by atoms with Gasteiger partial charge in [0.1, 0.15) is 5.01 Å². The first kappa shape index (κ1) is 21.6. The first-order chi connectivity index (χ1) is 9.97. The van der Waals surface area contributed by atoms with Gasteiger partial charge in [-0.05, 0) is 13.3 Å². The number of hydrogen-bond donors (Lipinski definition) is 2. The first-order valence-electron chi connectivity index (χ1n) is 7.44. The Labute approximate surface area is 155 Å². The van der Waals surface area contributed by atoms with Gasteiger partial charge in [0.15, 0.2) is 5.96 Å². The van der Waals surface area contributed by atoms with E-state index >= 15 is 0 Å². The number of nitrogens with one attached hydrogen (secondary N) is 2. The van der Waals surface area contributed by atoms with E-state index in [2.05, 4.69) is 46.8 Å². The number of aromatic nitrogens is 1. The second kappa shape index (κ2) is 11.2. The van der Waals surface area contributed by atoms with Crippen LogP contribution in [0.5, 0.6) is 0 Å². The molecular weight excluding hydrogens is 411 g/mol. The van der Waals surface area contributed by atoms with Crippen LogP contribution in [0.4, 0.5) is 0 Å². The van der Waals surface area contributed by atoms with Crippen molar-refractivity contribution in [2.24, 2.45) is 4.99 Å². The molecule has 0 unspecified atom stereocenters. The summed E-state index contributed by atoms with van der Waals surface area (Å²) in [5, 5.41) is 9.77. The molecule has 5 nitrogen and oxygen atoms in total. The maximum Gasteiger partial charge on any atom is 0.191 e. The number of ether oxygens (including phenoxy) is 1. The quantitative estimate of drug-likeness (QED) is 0.296. The van der Waals surface area contributed by atoms with Gasteiger partial charge in [-0.25, -0.2) is 4.98 Å². The molecular formula is C15H29IN4OS. The zero-order chi connectivity index (χ0) is 15.7. The lowest BCUT2D eigenvalue weighted by molar-refractivity contribution is 0.145. The van der Waals surface area contributed by atoms with Crippen molar-refractivity contribution in [1.82, 2.24) is 15.6 Å². The van der Waals surface area contributed by atoms with Crippen molar-refractivity contribution in [1.29, 1.82) is 0 Å². The molecule has 0 amide bonds. The SMILES string of the molecule is CCOCCCNC(=NC)NCc1nc(C(C)(C)C)cs1.I. The van der Waals surface area contributed by atoms with Crippen LogP contribution in [0.25, 0.3) is 0 Å². The molecule has 22 heavy (non-hydrogen) atoms. The number of thiazole rings is 1. The Kier molecular flexibility index (Phi) is 11.0. The van der Waals surface area contributed by atoms with Gasteiger partial charge in [0.25, 0.3) is 0 Å². The minimum absolute atomic E-state index is 0. The van der Waals surface area contributed by atoms with E-state index in [0.717, 1.165) is 42.8 Å². The highest BCUT2D eigenvalue weighted by atomic mass is 127. The fraction of sp³-hybridized carbons (Fsp3) is 0.733. The summed E-state index contributed by atoms with van der Waals surface area (Å²) in [7, 11) is 1.78. The van der Waals surface area contributed by atoms with Crippen LogP contribution < -0.4 is 10.6 Å². The molecule has 0 saturated carbocycles. The second-order valence-electron chi connectivity index (χ2n) is 5.78. The summed E-state index contributed by atoms with van der Waals surface area (Å²) in [6.45, 7) is 11.6. The summed E-state index contributed by atoms with van der Waals surface area (Å²) in [5.41, 5.74) is 1.25. The predicted molar refractivity (Wildman–Crippen MR) is 106 cm³/mol. The Balaban J connectivity index is 0.00000441. The van der Waals surface area contributed by atoms with Gasteiger partial charge in [0.2, 0.25) is 0 Å². The minimum atomic E-state index is 0. The molecule has 0 atom stereocenters. The Bertz CT molecular complexity index is 443. The van der Waals surface area contributed by atoms with Gasteiger partial charge in [-0.3, -0.25) is 4.99 Å². The lowest BCUT2D eigenvalue weighted by Gasteiger charge is -2.14. The monoisotopic (exact) mass is 440 g/mol. The van der Waals surface area contributed by atoms with Gasteiger partial charge in [0, 0.05) is 37.6 Å². The van der Waals surface area contributed by atoms with Crippen LogP contribution in [-0.2, 0) is 16.7 Å². The van der Waals surface area contributed by atoms with Crippen LogP contribution in [0, 0.1) is 0 Å². The van der Waals surface area contributed by atoms with Crippen molar-refractivity contribution >= 4 is 41.3 Å². The van der Waals surface area contributed by atoms with Gasteiger partial charge < -0.3 is 15.4 Å². The Hall–Kier alpha value is -0.410. The molecule has 0 radical (unpaired) electrons. The lowest BCUT2D eigenvalue weighted by atomic mass is 9.93. The summed E-state index contributed by atoms with van der Waals surface area (Å²) in [6.07, 6.45) is 0.972. The van der Waals surface area contributed by atoms with Crippen molar-refractivity contribution in [3.05, 3.63) is 16.1 Å². The van der Waals surface area contributed by atoms with Gasteiger partial charge in [0.05, 0.1) is 12.2 Å². The Morgan fingerprint density at radius 1 is 1.36 bits per heavy atom. The molecule has 0 spiro atoms. The van der Waals surface area contributed by atoms with E-state index < -0.39 is 0 Å². The van der Waals surface area contributed by atoms with Gasteiger partial charge >= 0.3 is 0 Å². The number of aliphatic imine (C=N–C) groups is 1. The van der Waals surface area contributed by atoms with E-state index in [1.807, 2.05) is 6.92 Å². The van der Waals surface area contributed by atoms with Gasteiger partial charge in [-0.1, -0.05) is 20.8 Å².